The number of carbonyl (C=O) groups excluding carboxylic acids is 1. The summed E-state index contributed by atoms with van der Waals surface area (Å²) in [5, 5.41) is 3.71. The lowest BCUT2D eigenvalue weighted by Crippen LogP contribution is -2.18. The van der Waals surface area contributed by atoms with E-state index in [0.29, 0.717) is 0 Å². The highest BCUT2D eigenvalue weighted by atomic mass is 16.1. The minimum absolute atomic E-state index is 0.0318. The fraction of sp³-hybridized carbons (Fsp3) is 0.308. The molecule has 2 rings (SSSR count). The van der Waals surface area contributed by atoms with Crippen LogP contribution in [0, 0.1) is 20.8 Å². The number of hydrogen-bond acceptors (Lipinski definition) is 1. The van der Waals surface area contributed by atoms with Gasteiger partial charge < -0.3 is 10.3 Å². The molecule has 0 radical (unpaired) electrons. The number of H-pyrrole nitrogens is 1. The van der Waals surface area contributed by atoms with Crippen LogP contribution in [0.3, 0.4) is 0 Å². The normalized spacial score (nSPS) is 10.8. The summed E-state index contributed by atoms with van der Waals surface area (Å²) in [6.07, 6.45) is 0. The van der Waals surface area contributed by atoms with Gasteiger partial charge in [0.25, 0.3) is 5.91 Å². The lowest BCUT2D eigenvalue weighted by atomic mass is 10.0. The zero-order valence-corrected chi connectivity index (χ0v) is 10.1. The van der Waals surface area contributed by atoms with Gasteiger partial charge in [0.1, 0.15) is 0 Å². The Morgan fingerprint density at radius 2 is 1.94 bits per heavy atom. The van der Waals surface area contributed by atoms with Crippen molar-refractivity contribution in [3.05, 3.63) is 34.5 Å². The number of aromatic amines is 1. The number of benzene rings is 1. The number of nitrogens with one attached hydrogen (secondary N) is 2. The number of amides is 1. The molecule has 0 aliphatic carbocycles. The smallest absolute Gasteiger partial charge is 0.253 e. The summed E-state index contributed by atoms with van der Waals surface area (Å²) in [7, 11) is 1.66. The summed E-state index contributed by atoms with van der Waals surface area (Å²) in [5.74, 6) is -0.0318. The molecule has 0 atom stereocenters. The van der Waals surface area contributed by atoms with Gasteiger partial charge in [-0.1, -0.05) is 6.07 Å². The first-order valence-corrected chi connectivity index (χ1v) is 5.36. The van der Waals surface area contributed by atoms with Crippen LogP contribution in [-0.4, -0.2) is 17.9 Å². The lowest BCUT2D eigenvalue weighted by Gasteiger charge is -2.03. The second-order valence-electron chi connectivity index (χ2n) is 4.21. The Hall–Kier alpha value is -1.77. The number of carbonyl (C=O) groups is 1. The minimum atomic E-state index is -0.0318. The van der Waals surface area contributed by atoms with Gasteiger partial charge in [-0.2, -0.15) is 0 Å². The first kappa shape index (κ1) is 10.7. The highest BCUT2D eigenvalue weighted by Crippen LogP contribution is 2.26. The number of rotatable bonds is 1. The molecule has 0 saturated carbocycles. The molecule has 0 fully saturated rings. The molecule has 0 unspecified atom stereocenters. The van der Waals surface area contributed by atoms with Gasteiger partial charge in [-0.3, -0.25) is 4.79 Å². The lowest BCUT2D eigenvalue weighted by molar-refractivity contribution is 0.0964. The van der Waals surface area contributed by atoms with Crippen molar-refractivity contribution in [2.75, 3.05) is 7.05 Å². The number of fused-ring (bicyclic) bond motifs is 1. The second kappa shape index (κ2) is 3.67. The molecule has 1 amide bonds. The molecule has 1 aromatic heterocycles. The van der Waals surface area contributed by atoms with Gasteiger partial charge in [0.2, 0.25) is 0 Å². The monoisotopic (exact) mass is 216 g/mol. The van der Waals surface area contributed by atoms with Gasteiger partial charge in [0.15, 0.2) is 0 Å². The Bertz CT molecular complexity index is 567. The zero-order valence-electron chi connectivity index (χ0n) is 10.1. The highest BCUT2D eigenvalue weighted by molar-refractivity contribution is 6.09. The average molecular weight is 216 g/mol. The Labute approximate surface area is 94.9 Å². The van der Waals surface area contributed by atoms with Gasteiger partial charge in [0, 0.05) is 23.6 Å². The fourth-order valence-corrected chi connectivity index (χ4v) is 2.26. The van der Waals surface area contributed by atoms with E-state index in [9.17, 15) is 4.79 Å². The summed E-state index contributed by atoms with van der Waals surface area (Å²) < 4.78 is 0. The third-order valence-electron chi connectivity index (χ3n) is 2.88. The summed E-state index contributed by atoms with van der Waals surface area (Å²) >= 11 is 0. The summed E-state index contributed by atoms with van der Waals surface area (Å²) in [4.78, 5) is 15.1. The molecule has 16 heavy (non-hydrogen) atoms. The zero-order chi connectivity index (χ0) is 11.9. The van der Waals surface area contributed by atoms with Crippen molar-refractivity contribution < 1.29 is 4.79 Å². The predicted octanol–water partition coefficient (Wildman–Crippen LogP) is 2.45. The van der Waals surface area contributed by atoms with E-state index in [2.05, 4.69) is 29.4 Å². The molecule has 0 aliphatic rings. The maximum absolute atomic E-state index is 11.8. The van der Waals surface area contributed by atoms with Crippen LogP contribution in [0.2, 0.25) is 0 Å². The van der Waals surface area contributed by atoms with Crippen LogP contribution in [-0.2, 0) is 0 Å². The van der Waals surface area contributed by atoms with Crippen LogP contribution in [0.25, 0.3) is 10.9 Å². The standard InChI is InChI=1S/C13H16N2O/c1-7-5-8(2)11-10(6-7)15-9(3)12(11)13(16)14-4/h5-6,15H,1-4H3,(H,14,16). The molecule has 1 aromatic carbocycles. The van der Waals surface area contributed by atoms with E-state index in [1.807, 2.05) is 13.8 Å². The van der Waals surface area contributed by atoms with Crippen LogP contribution in [0.15, 0.2) is 12.1 Å². The van der Waals surface area contributed by atoms with E-state index < -0.39 is 0 Å². The first-order valence-electron chi connectivity index (χ1n) is 5.36. The number of aryl methyl sites for hydroxylation is 3. The Balaban J connectivity index is 2.84. The maximum Gasteiger partial charge on any atom is 0.253 e. The number of aromatic nitrogens is 1. The fourth-order valence-electron chi connectivity index (χ4n) is 2.26. The van der Waals surface area contributed by atoms with E-state index in [1.165, 1.54) is 5.56 Å². The Morgan fingerprint density at radius 3 is 2.56 bits per heavy atom. The summed E-state index contributed by atoms with van der Waals surface area (Å²) in [6.45, 7) is 6.02. The molecule has 2 N–H and O–H groups in total. The van der Waals surface area contributed by atoms with Crippen molar-refractivity contribution in [2.24, 2.45) is 0 Å². The third-order valence-corrected chi connectivity index (χ3v) is 2.88. The topological polar surface area (TPSA) is 44.9 Å². The van der Waals surface area contributed by atoms with E-state index in [-0.39, 0.29) is 5.91 Å². The molecule has 3 nitrogen and oxygen atoms in total. The van der Waals surface area contributed by atoms with Gasteiger partial charge in [-0.05, 0) is 38.0 Å². The molecule has 0 bridgehead atoms. The molecular weight excluding hydrogens is 200 g/mol. The molecule has 0 aliphatic heterocycles. The highest BCUT2D eigenvalue weighted by Gasteiger charge is 2.16. The van der Waals surface area contributed by atoms with E-state index >= 15 is 0 Å². The van der Waals surface area contributed by atoms with Gasteiger partial charge in [-0.15, -0.1) is 0 Å². The SMILES string of the molecule is CNC(=O)c1c(C)[nH]c2cc(C)cc(C)c12. The van der Waals surface area contributed by atoms with Crippen molar-refractivity contribution in [1.82, 2.24) is 10.3 Å². The first-order chi connectivity index (χ1) is 7.54. The number of hydrogen-bond donors (Lipinski definition) is 2. The molecule has 0 saturated heterocycles. The molecule has 0 spiro atoms. The van der Waals surface area contributed by atoms with E-state index in [1.54, 1.807) is 7.05 Å². The second-order valence-corrected chi connectivity index (χ2v) is 4.21. The van der Waals surface area contributed by atoms with Crippen molar-refractivity contribution in [3.63, 3.8) is 0 Å². The quantitative estimate of drug-likeness (QED) is 0.755. The average Bonchev–Trinajstić information content (AvgIpc) is 2.53. The predicted molar refractivity (Wildman–Crippen MR) is 65.9 cm³/mol. The van der Waals surface area contributed by atoms with Crippen LogP contribution in [0.4, 0.5) is 0 Å². The molecule has 1 heterocycles. The molecule has 3 heteroatoms. The largest absolute Gasteiger partial charge is 0.358 e. The molecular formula is C13H16N2O. The van der Waals surface area contributed by atoms with Crippen LogP contribution < -0.4 is 5.32 Å². The minimum Gasteiger partial charge on any atom is -0.358 e. The van der Waals surface area contributed by atoms with E-state index in [4.69, 9.17) is 0 Å². The van der Waals surface area contributed by atoms with Gasteiger partial charge in [0.05, 0.1) is 5.56 Å². The van der Waals surface area contributed by atoms with Crippen LogP contribution in [0.1, 0.15) is 27.2 Å². The Morgan fingerprint density at radius 1 is 1.25 bits per heavy atom. The van der Waals surface area contributed by atoms with Gasteiger partial charge in [-0.25, -0.2) is 0 Å². The summed E-state index contributed by atoms with van der Waals surface area (Å²) in [6, 6.07) is 4.17. The summed E-state index contributed by atoms with van der Waals surface area (Å²) in [5.41, 5.74) is 5.05. The van der Waals surface area contributed by atoms with Gasteiger partial charge >= 0.3 is 0 Å². The van der Waals surface area contributed by atoms with Crippen LogP contribution >= 0.6 is 0 Å². The maximum atomic E-state index is 11.8. The van der Waals surface area contributed by atoms with Crippen molar-refractivity contribution in [1.29, 1.82) is 0 Å². The molecule has 2 aromatic rings. The van der Waals surface area contributed by atoms with Crippen molar-refractivity contribution in [3.8, 4) is 0 Å². The van der Waals surface area contributed by atoms with Crippen LogP contribution in [0.5, 0.6) is 0 Å². The van der Waals surface area contributed by atoms with E-state index in [0.717, 1.165) is 27.7 Å². The van der Waals surface area contributed by atoms with Crippen molar-refractivity contribution in [2.45, 2.75) is 20.8 Å². The van der Waals surface area contributed by atoms with Crippen molar-refractivity contribution >= 4 is 16.8 Å². The Kier molecular flexibility index (Phi) is 2.46. The molecule has 84 valence electrons. The third kappa shape index (κ3) is 1.48.